The van der Waals surface area contributed by atoms with Crippen LogP contribution in [0, 0.1) is 0 Å². The van der Waals surface area contributed by atoms with Crippen LogP contribution in [0.15, 0.2) is 99.6 Å². The Kier molecular flexibility index (Phi) is 6.42. The van der Waals surface area contributed by atoms with E-state index in [1.807, 2.05) is 57.2 Å². The maximum Gasteiger partial charge on any atom is 0.514 e. The molecule has 4 heteroatoms. The van der Waals surface area contributed by atoms with Gasteiger partial charge in [-0.25, -0.2) is 4.79 Å². The van der Waals surface area contributed by atoms with Crippen LogP contribution in [0.4, 0.5) is 4.79 Å². The van der Waals surface area contributed by atoms with Gasteiger partial charge in [0, 0.05) is 0 Å². The summed E-state index contributed by atoms with van der Waals surface area (Å²) in [5.41, 5.74) is -0.538. The molecule has 3 rings (SSSR count). The Labute approximate surface area is 169 Å². The monoisotopic (exact) mass is 393 g/mol. The van der Waals surface area contributed by atoms with Crippen molar-refractivity contribution in [1.82, 2.24) is 0 Å². The minimum absolute atomic E-state index is 0.225. The lowest BCUT2D eigenvalue weighted by atomic mass is 10.1. The highest BCUT2D eigenvalue weighted by Crippen LogP contribution is 2.32. The predicted octanol–water partition coefficient (Wildman–Crippen LogP) is 6.49. The van der Waals surface area contributed by atoms with Gasteiger partial charge in [0.1, 0.15) is 11.4 Å². The standard InChI is InChI=1S/C24H25O3S/c1-4-24(2,3)27-23(25)26-19-15-17-22(18-16-19)28(20-11-7-5-8-12-20)21-13-9-6-10-14-21/h5-18H,4H2,1-3H3/q+1. The Morgan fingerprint density at radius 2 is 1.25 bits per heavy atom. The van der Waals surface area contributed by atoms with E-state index >= 15 is 0 Å². The number of benzene rings is 3. The summed E-state index contributed by atoms with van der Waals surface area (Å²) in [5, 5.41) is 0. The van der Waals surface area contributed by atoms with Gasteiger partial charge >= 0.3 is 6.16 Å². The highest BCUT2D eigenvalue weighted by atomic mass is 32.2. The number of hydrogen-bond acceptors (Lipinski definition) is 3. The van der Waals surface area contributed by atoms with Crippen LogP contribution in [0.3, 0.4) is 0 Å². The van der Waals surface area contributed by atoms with Gasteiger partial charge in [-0.2, -0.15) is 0 Å². The third-order valence-corrected chi connectivity index (χ3v) is 6.66. The van der Waals surface area contributed by atoms with E-state index in [1.54, 1.807) is 0 Å². The molecule has 0 saturated carbocycles. The molecule has 0 amide bonds. The predicted molar refractivity (Wildman–Crippen MR) is 113 cm³/mol. The highest BCUT2D eigenvalue weighted by Gasteiger charge is 2.28. The summed E-state index contributed by atoms with van der Waals surface area (Å²) >= 11 is 0. The van der Waals surface area contributed by atoms with Gasteiger partial charge in [-0.3, -0.25) is 0 Å². The van der Waals surface area contributed by atoms with Crippen LogP contribution < -0.4 is 4.74 Å². The fraction of sp³-hybridized carbons (Fsp3) is 0.208. The highest BCUT2D eigenvalue weighted by molar-refractivity contribution is 7.97. The van der Waals surface area contributed by atoms with Crippen molar-refractivity contribution < 1.29 is 14.3 Å². The molecule has 0 aliphatic rings. The van der Waals surface area contributed by atoms with Gasteiger partial charge in [0.15, 0.2) is 14.7 Å². The summed E-state index contributed by atoms with van der Waals surface area (Å²) in [5.74, 6) is 0.477. The Bertz CT molecular complexity index is 851. The van der Waals surface area contributed by atoms with Crippen LogP contribution in [0.5, 0.6) is 5.75 Å². The van der Waals surface area contributed by atoms with E-state index in [9.17, 15) is 4.79 Å². The Balaban J connectivity index is 1.82. The molecule has 0 radical (unpaired) electrons. The van der Waals surface area contributed by atoms with Gasteiger partial charge in [0.25, 0.3) is 0 Å². The van der Waals surface area contributed by atoms with Crippen molar-refractivity contribution in [1.29, 1.82) is 0 Å². The van der Waals surface area contributed by atoms with Crippen molar-refractivity contribution >= 4 is 17.1 Å². The van der Waals surface area contributed by atoms with E-state index in [-0.39, 0.29) is 10.9 Å². The molecule has 3 nitrogen and oxygen atoms in total. The van der Waals surface area contributed by atoms with Gasteiger partial charge in [-0.1, -0.05) is 43.3 Å². The average Bonchev–Trinajstić information content (AvgIpc) is 2.71. The van der Waals surface area contributed by atoms with Crippen LogP contribution >= 0.6 is 0 Å². The first-order valence-corrected chi connectivity index (χ1v) is 10.6. The molecule has 0 N–H and O–H groups in total. The summed E-state index contributed by atoms with van der Waals surface area (Å²) in [4.78, 5) is 15.6. The molecule has 0 fully saturated rings. The van der Waals surface area contributed by atoms with Gasteiger partial charge in [-0.15, -0.1) is 0 Å². The van der Waals surface area contributed by atoms with E-state index in [0.29, 0.717) is 5.75 Å². The molecule has 0 bridgehead atoms. The third kappa shape index (κ3) is 5.17. The van der Waals surface area contributed by atoms with Crippen molar-refractivity contribution in [3.8, 4) is 5.75 Å². The minimum Gasteiger partial charge on any atom is -0.428 e. The van der Waals surface area contributed by atoms with Crippen LogP contribution in [0.25, 0.3) is 0 Å². The Hall–Kier alpha value is -2.72. The van der Waals surface area contributed by atoms with Crippen molar-refractivity contribution in [3.05, 3.63) is 84.9 Å². The molecule has 0 heterocycles. The molecular weight excluding hydrogens is 368 g/mol. The van der Waals surface area contributed by atoms with E-state index in [4.69, 9.17) is 9.47 Å². The molecule has 28 heavy (non-hydrogen) atoms. The molecule has 0 spiro atoms. The molecule has 0 aliphatic carbocycles. The number of hydrogen-bond donors (Lipinski definition) is 0. The molecule has 3 aromatic rings. The van der Waals surface area contributed by atoms with E-state index in [0.717, 1.165) is 11.3 Å². The molecular formula is C24H25O3S+. The van der Waals surface area contributed by atoms with Crippen molar-refractivity contribution in [2.75, 3.05) is 0 Å². The molecule has 0 saturated heterocycles. The van der Waals surface area contributed by atoms with Crippen LogP contribution in [0.2, 0.25) is 0 Å². The molecule has 0 atom stereocenters. The van der Waals surface area contributed by atoms with Gasteiger partial charge in [0.05, 0.1) is 10.9 Å². The Morgan fingerprint density at radius 3 is 1.71 bits per heavy atom. The molecule has 0 unspecified atom stereocenters. The van der Waals surface area contributed by atoms with Crippen molar-refractivity contribution in [3.63, 3.8) is 0 Å². The summed E-state index contributed by atoms with van der Waals surface area (Å²) in [6.45, 7) is 5.70. The smallest absolute Gasteiger partial charge is 0.428 e. The fourth-order valence-electron chi connectivity index (χ4n) is 2.58. The topological polar surface area (TPSA) is 35.5 Å². The second kappa shape index (κ2) is 8.98. The average molecular weight is 394 g/mol. The second-order valence-electron chi connectivity index (χ2n) is 6.97. The molecule has 144 valence electrons. The van der Waals surface area contributed by atoms with Crippen LogP contribution in [-0.2, 0) is 15.6 Å². The summed E-state index contributed by atoms with van der Waals surface area (Å²) in [6.07, 6.45) is 0.0440. The first kappa shape index (κ1) is 20.0. The van der Waals surface area contributed by atoms with Gasteiger partial charge in [0.2, 0.25) is 0 Å². The zero-order valence-corrected chi connectivity index (χ0v) is 17.2. The minimum atomic E-state index is -0.676. The summed E-state index contributed by atoms with van der Waals surface area (Å²) in [7, 11) is -0.225. The Morgan fingerprint density at radius 1 is 0.786 bits per heavy atom. The van der Waals surface area contributed by atoms with E-state index in [2.05, 4.69) is 48.5 Å². The SMILES string of the molecule is CCC(C)(C)OC(=O)Oc1ccc([S+](c2ccccc2)c2ccccc2)cc1. The second-order valence-corrected chi connectivity index (χ2v) is 9.00. The molecule has 0 aromatic heterocycles. The van der Waals surface area contributed by atoms with E-state index in [1.165, 1.54) is 9.79 Å². The van der Waals surface area contributed by atoms with Crippen LogP contribution in [0.1, 0.15) is 27.2 Å². The maximum absolute atomic E-state index is 12.0. The van der Waals surface area contributed by atoms with Gasteiger partial charge < -0.3 is 9.47 Å². The van der Waals surface area contributed by atoms with E-state index < -0.39 is 11.8 Å². The number of ether oxygens (including phenoxy) is 2. The van der Waals surface area contributed by atoms with Gasteiger partial charge in [-0.05, 0) is 68.8 Å². The first-order chi connectivity index (χ1) is 13.5. The zero-order valence-electron chi connectivity index (χ0n) is 16.4. The third-order valence-electron chi connectivity index (χ3n) is 4.43. The lowest BCUT2D eigenvalue weighted by Gasteiger charge is -2.22. The normalized spacial score (nSPS) is 11.3. The molecule has 0 aliphatic heterocycles. The lowest BCUT2D eigenvalue weighted by molar-refractivity contribution is 0.00706. The number of rotatable bonds is 6. The summed E-state index contributed by atoms with van der Waals surface area (Å²) < 4.78 is 10.7. The summed E-state index contributed by atoms with van der Waals surface area (Å²) in [6, 6.07) is 28.5. The number of carbonyl (C=O) groups is 1. The van der Waals surface area contributed by atoms with Crippen molar-refractivity contribution in [2.24, 2.45) is 0 Å². The zero-order chi connectivity index (χ0) is 20.0. The lowest BCUT2D eigenvalue weighted by Crippen LogP contribution is -2.28. The quantitative estimate of drug-likeness (QED) is 0.273. The maximum atomic E-state index is 12.0. The molecule has 3 aromatic carbocycles. The first-order valence-electron chi connectivity index (χ1n) is 9.34. The number of carbonyl (C=O) groups excluding carboxylic acids is 1. The fourth-order valence-corrected chi connectivity index (χ4v) is 4.66. The van der Waals surface area contributed by atoms with Crippen LogP contribution in [-0.4, -0.2) is 11.8 Å². The van der Waals surface area contributed by atoms with Crippen molar-refractivity contribution in [2.45, 2.75) is 47.5 Å². The largest absolute Gasteiger partial charge is 0.514 e.